The smallest absolute Gasteiger partial charge is 0.235 e. The summed E-state index contributed by atoms with van der Waals surface area (Å²) >= 11 is 0. The summed E-state index contributed by atoms with van der Waals surface area (Å²) in [7, 11) is 1.57. The number of unbranched alkanes of at least 4 members (excludes halogenated alkanes) is 1. The maximum absolute atomic E-state index is 10.3. The second-order valence-corrected chi connectivity index (χ2v) is 4.58. The highest BCUT2D eigenvalue weighted by molar-refractivity contribution is 5.55. The van der Waals surface area contributed by atoms with E-state index in [9.17, 15) is 10.1 Å². The Labute approximate surface area is 119 Å². The lowest BCUT2D eigenvalue weighted by molar-refractivity contribution is -0.400. The minimum Gasteiger partial charge on any atom is -0.493 e. The summed E-state index contributed by atoms with van der Waals surface area (Å²) in [6.07, 6.45) is 5.61. The summed E-state index contributed by atoms with van der Waals surface area (Å²) in [5, 5.41) is 10.3. The van der Waals surface area contributed by atoms with Crippen molar-refractivity contribution in [1.29, 1.82) is 0 Å². The number of nitro groups is 1. The van der Waals surface area contributed by atoms with E-state index < -0.39 is 4.92 Å². The molecule has 0 radical (unpaired) electrons. The van der Waals surface area contributed by atoms with E-state index in [-0.39, 0.29) is 6.10 Å². The van der Waals surface area contributed by atoms with Crippen LogP contribution < -0.4 is 9.47 Å². The summed E-state index contributed by atoms with van der Waals surface area (Å²) < 4.78 is 11.1. The molecule has 0 N–H and O–H groups in total. The fraction of sp³-hybridized carbons (Fsp3) is 0.467. The Hall–Kier alpha value is -2.04. The Morgan fingerprint density at radius 2 is 2.15 bits per heavy atom. The van der Waals surface area contributed by atoms with Crippen LogP contribution >= 0.6 is 0 Å². The van der Waals surface area contributed by atoms with Gasteiger partial charge in [-0.15, -0.1) is 0 Å². The maximum atomic E-state index is 10.3. The molecule has 0 spiro atoms. The van der Waals surface area contributed by atoms with Crippen LogP contribution in [0.15, 0.2) is 24.4 Å². The van der Waals surface area contributed by atoms with E-state index in [4.69, 9.17) is 9.47 Å². The van der Waals surface area contributed by atoms with E-state index in [1.54, 1.807) is 25.3 Å². The number of benzene rings is 1. The van der Waals surface area contributed by atoms with Crippen molar-refractivity contribution in [2.24, 2.45) is 0 Å². The van der Waals surface area contributed by atoms with Crippen LogP contribution in [0.1, 0.15) is 38.7 Å². The molecule has 0 fully saturated rings. The van der Waals surface area contributed by atoms with Crippen LogP contribution in [0, 0.1) is 10.1 Å². The van der Waals surface area contributed by atoms with Crippen LogP contribution in [0.4, 0.5) is 0 Å². The summed E-state index contributed by atoms with van der Waals surface area (Å²) in [6, 6.07) is 5.26. The molecule has 0 aliphatic rings. The number of hydrogen-bond donors (Lipinski definition) is 0. The van der Waals surface area contributed by atoms with Gasteiger partial charge in [-0.1, -0.05) is 25.8 Å². The maximum Gasteiger partial charge on any atom is 0.235 e. The Balaban J connectivity index is 2.85. The van der Waals surface area contributed by atoms with E-state index >= 15 is 0 Å². The molecule has 1 rings (SSSR count). The quantitative estimate of drug-likeness (QED) is 0.535. The first-order valence-electron chi connectivity index (χ1n) is 6.73. The largest absolute Gasteiger partial charge is 0.493 e. The Morgan fingerprint density at radius 3 is 2.75 bits per heavy atom. The van der Waals surface area contributed by atoms with Crippen molar-refractivity contribution in [3.05, 3.63) is 40.1 Å². The fourth-order valence-electron chi connectivity index (χ4n) is 1.80. The third-order valence-electron chi connectivity index (χ3n) is 2.87. The molecule has 0 saturated heterocycles. The number of rotatable bonds is 8. The molecule has 0 aromatic heterocycles. The van der Waals surface area contributed by atoms with Crippen molar-refractivity contribution in [3.8, 4) is 11.5 Å². The van der Waals surface area contributed by atoms with E-state index in [2.05, 4.69) is 6.92 Å². The zero-order chi connectivity index (χ0) is 15.0. The zero-order valence-electron chi connectivity index (χ0n) is 12.2. The lowest BCUT2D eigenvalue weighted by Crippen LogP contribution is -2.12. The summed E-state index contributed by atoms with van der Waals surface area (Å²) in [5.74, 6) is 1.24. The molecule has 110 valence electrons. The Kier molecular flexibility index (Phi) is 6.56. The molecule has 1 atom stereocenters. The van der Waals surface area contributed by atoms with Crippen LogP contribution in [0.5, 0.6) is 11.5 Å². The molecular weight excluding hydrogens is 258 g/mol. The molecule has 5 heteroatoms. The molecule has 0 heterocycles. The number of ether oxygens (including phenoxy) is 2. The lowest BCUT2D eigenvalue weighted by Gasteiger charge is -2.17. The normalized spacial score (nSPS) is 12.3. The predicted octanol–water partition coefficient (Wildman–Crippen LogP) is 3.90. The van der Waals surface area contributed by atoms with Gasteiger partial charge >= 0.3 is 0 Å². The lowest BCUT2D eigenvalue weighted by atomic mass is 10.1. The van der Waals surface area contributed by atoms with E-state index in [1.165, 1.54) is 6.08 Å². The molecule has 0 bridgehead atoms. The highest BCUT2D eigenvalue weighted by Gasteiger charge is 2.09. The fourth-order valence-corrected chi connectivity index (χ4v) is 1.80. The minimum absolute atomic E-state index is 0.0820. The van der Waals surface area contributed by atoms with Gasteiger partial charge in [0, 0.05) is 6.08 Å². The molecule has 0 aliphatic heterocycles. The number of methoxy groups -OCH3 is 1. The van der Waals surface area contributed by atoms with Gasteiger partial charge in [0.05, 0.1) is 18.1 Å². The van der Waals surface area contributed by atoms with E-state index in [0.29, 0.717) is 17.1 Å². The summed E-state index contributed by atoms with van der Waals surface area (Å²) in [4.78, 5) is 9.85. The summed E-state index contributed by atoms with van der Waals surface area (Å²) in [5.41, 5.74) is 0.709. The molecule has 1 aromatic rings. The van der Waals surface area contributed by atoms with Crippen LogP contribution in [0.3, 0.4) is 0 Å². The second-order valence-electron chi connectivity index (χ2n) is 4.58. The Morgan fingerprint density at radius 1 is 1.40 bits per heavy atom. The van der Waals surface area contributed by atoms with Gasteiger partial charge in [-0.25, -0.2) is 0 Å². The standard InChI is InChI=1S/C15H21NO4/c1-4-5-6-12(2)20-15-11-13(9-10-16(17)18)7-8-14(15)19-3/h7-12H,4-6H2,1-3H3/b10-9+. The molecule has 0 saturated carbocycles. The average Bonchev–Trinajstić information content (AvgIpc) is 2.43. The average molecular weight is 279 g/mol. The first kappa shape index (κ1) is 16.0. The number of nitrogens with zero attached hydrogens (tertiary/aromatic N) is 1. The van der Waals surface area contributed by atoms with Gasteiger partial charge in [0.25, 0.3) is 0 Å². The van der Waals surface area contributed by atoms with E-state index in [0.717, 1.165) is 25.5 Å². The van der Waals surface area contributed by atoms with Crippen molar-refractivity contribution in [3.63, 3.8) is 0 Å². The molecule has 5 nitrogen and oxygen atoms in total. The van der Waals surface area contributed by atoms with Gasteiger partial charge in [-0.2, -0.15) is 0 Å². The number of hydrogen-bond acceptors (Lipinski definition) is 4. The molecular formula is C15H21NO4. The monoisotopic (exact) mass is 279 g/mol. The van der Waals surface area contributed by atoms with Crippen LogP contribution in [-0.2, 0) is 0 Å². The topological polar surface area (TPSA) is 61.6 Å². The van der Waals surface area contributed by atoms with Gasteiger partial charge in [-0.05, 0) is 31.0 Å². The van der Waals surface area contributed by atoms with Crippen molar-refractivity contribution < 1.29 is 14.4 Å². The summed E-state index contributed by atoms with van der Waals surface area (Å²) in [6.45, 7) is 4.14. The highest BCUT2D eigenvalue weighted by atomic mass is 16.6. The molecule has 1 unspecified atom stereocenters. The van der Waals surface area contributed by atoms with Crippen molar-refractivity contribution in [2.45, 2.75) is 39.2 Å². The molecule has 1 aromatic carbocycles. The minimum atomic E-state index is -0.491. The van der Waals surface area contributed by atoms with Gasteiger partial charge in [0.2, 0.25) is 6.20 Å². The van der Waals surface area contributed by atoms with Gasteiger partial charge in [0.1, 0.15) is 0 Å². The van der Waals surface area contributed by atoms with Crippen molar-refractivity contribution >= 4 is 6.08 Å². The molecule has 0 aliphatic carbocycles. The SMILES string of the molecule is CCCCC(C)Oc1cc(/C=C/[N+](=O)[O-])ccc1OC. The predicted molar refractivity (Wildman–Crippen MR) is 78.6 cm³/mol. The first-order chi connectivity index (χ1) is 9.56. The molecule has 20 heavy (non-hydrogen) atoms. The second kappa shape index (κ2) is 8.19. The van der Waals surface area contributed by atoms with Crippen molar-refractivity contribution in [2.75, 3.05) is 7.11 Å². The third kappa shape index (κ3) is 5.30. The zero-order valence-corrected chi connectivity index (χ0v) is 12.2. The van der Waals surface area contributed by atoms with Gasteiger partial charge in [0.15, 0.2) is 11.5 Å². The van der Waals surface area contributed by atoms with Crippen LogP contribution in [-0.4, -0.2) is 18.1 Å². The van der Waals surface area contributed by atoms with E-state index in [1.807, 2.05) is 6.92 Å². The van der Waals surface area contributed by atoms with Crippen LogP contribution in [0.2, 0.25) is 0 Å². The van der Waals surface area contributed by atoms with Gasteiger partial charge in [-0.3, -0.25) is 10.1 Å². The van der Waals surface area contributed by atoms with Crippen molar-refractivity contribution in [1.82, 2.24) is 0 Å². The highest BCUT2D eigenvalue weighted by Crippen LogP contribution is 2.30. The Bertz CT molecular complexity index is 471. The first-order valence-corrected chi connectivity index (χ1v) is 6.73. The molecule has 0 amide bonds. The van der Waals surface area contributed by atoms with Crippen LogP contribution in [0.25, 0.3) is 6.08 Å². The third-order valence-corrected chi connectivity index (χ3v) is 2.87. The van der Waals surface area contributed by atoms with Gasteiger partial charge < -0.3 is 9.47 Å².